The Labute approximate surface area is 107 Å². The van der Waals surface area contributed by atoms with E-state index >= 15 is 0 Å². The summed E-state index contributed by atoms with van der Waals surface area (Å²) in [5.41, 5.74) is 1.24. The smallest absolute Gasteiger partial charge is 0.0717 e. The number of ether oxygens (including phenoxy) is 1. The van der Waals surface area contributed by atoms with Gasteiger partial charge in [0.25, 0.3) is 0 Å². The molecule has 0 aromatic heterocycles. The molecular formula is C14H21BrO. The molecule has 0 amide bonds. The summed E-state index contributed by atoms with van der Waals surface area (Å²) in [5, 5.41) is 0. The Morgan fingerprint density at radius 3 is 2.69 bits per heavy atom. The van der Waals surface area contributed by atoms with Gasteiger partial charge in [0.15, 0.2) is 0 Å². The van der Waals surface area contributed by atoms with Crippen LogP contribution in [-0.4, -0.2) is 6.61 Å². The van der Waals surface area contributed by atoms with Crippen molar-refractivity contribution in [1.29, 1.82) is 0 Å². The molecule has 0 saturated heterocycles. The molecule has 0 aliphatic carbocycles. The average molecular weight is 285 g/mol. The molecule has 1 nitrogen and oxygen atoms in total. The summed E-state index contributed by atoms with van der Waals surface area (Å²) in [6.45, 7) is 3.85. The van der Waals surface area contributed by atoms with E-state index in [0.717, 1.165) is 17.7 Å². The molecule has 0 bridgehead atoms. The van der Waals surface area contributed by atoms with Crippen LogP contribution in [0, 0.1) is 0 Å². The first-order valence-electron chi connectivity index (χ1n) is 6.15. The van der Waals surface area contributed by atoms with Crippen LogP contribution < -0.4 is 0 Å². The van der Waals surface area contributed by atoms with Gasteiger partial charge in [-0.05, 0) is 24.1 Å². The number of hydrogen-bond acceptors (Lipinski definition) is 1. The topological polar surface area (TPSA) is 9.23 Å². The van der Waals surface area contributed by atoms with E-state index in [-0.39, 0.29) is 0 Å². The van der Waals surface area contributed by atoms with E-state index in [0.29, 0.717) is 0 Å². The largest absolute Gasteiger partial charge is 0.377 e. The Balaban J connectivity index is 2.03. The van der Waals surface area contributed by atoms with Gasteiger partial charge in [0.1, 0.15) is 0 Å². The van der Waals surface area contributed by atoms with Gasteiger partial charge in [-0.2, -0.15) is 0 Å². The fourth-order valence-electron chi connectivity index (χ4n) is 1.62. The minimum Gasteiger partial charge on any atom is -0.377 e. The van der Waals surface area contributed by atoms with Crippen LogP contribution in [0.5, 0.6) is 0 Å². The fraction of sp³-hybridized carbons (Fsp3) is 0.571. The van der Waals surface area contributed by atoms with Gasteiger partial charge in [-0.25, -0.2) is 0 Å². The van der Waals surface area contributed by atoms with Crippen LogP contribution in [0.2, 0.25) is 0 Å². The third kappa shape index (κ3) is 6.29. The highest BCUT2D eigenvalue weighted by molar-refractivity contribution is 9.10. The Hall–Kier alpha value is -0.340. The highest BCUT2D eigenvalue weighted by Crippen LogP contribution is 2.12. The second kappa shape index (κ2) is 8.77. The van der Waals surface area contributed by atoms with Crippen molar-refractivity contribution in [2.24, 2.45) is 0 Å². The standard InChI is InChI=1S/C14H21BrO/c1-2-3-4-5-6-10-16-12-13-8-7-9-14(15)11-13/h7-9,11H,2-6,10,12H2,1H3. The predicted molar refractivity (Wildman–Crippen MR) is 72.6 cm³/mol. The lowest BCUT2D eigenvalue weighted by atomic mass is 10.2. The van der Waals surface area contributed by atoms with Gasteiger partial charge in [-0.1, -0.05) is 60.7 Å². The van der Waals surface area contributed by atoms with Crippen LogP contribution in [-0.2, 0) is 11.3 Å². The minimum absolute atomic E-state index is 0.729. The van der Waals surface area contributed by atoms with Crippen LogP contribution in [0.1, 0.15) is 44.6 Å². The predicted octanol–water partition coefficient (Wildman–Crippen LogP) is 4.94. The summed E-state index contributed by atoms with van der Waals surface area (Å²) in [5.74, 6) is 0. The van der Waals surface area contributed by atoms with Crippen molar-refractivity contribution in [1.82, 2.24) is 0 Å². The molecule has 0 radical (unpaired) electrons. The number of rotatable bonds is 8. The number of benzene rings is 1. The summed E-state index contributed by atoms with van der Waals surface area (Å²) < 4.78 is 6.76. The van der Waals surface area contributed by atoms with Crippen molar-refractivity contribution in [2.75, 3.05) is 6.61 Å². The van der Waals surface area contributed by atoms with E-state index in [1.807, 2.05) is 12.1 Å². The second-order valence-corrected chi connectivity index (χ2v) is 5.01. The van der Waals surface area contributed by atoms with Crippen molar-refractivity contribution in [3.8, 4) is 0 Å². The molecule has 0 N–H and O–H groups in total. The molecule has 0 aliphatic heterocycles. The van der Waals surface area contributed by atoms with E-state index in [4.69, 9.17) is 4.74 Å². The Morgan fingerprint density at radius 2 is 1.94 bits per heavy atom. The molecule has 2 heteroatoms. The van der Waals surface area contributed by atoms with Crippen LogP contribution in [0.25, 0.3) is 0 Å². The maximum atomic E-state index is 5.63. The van der Waals surface area contributed by atoms with Gasteiger partial charge in [0.05, 0.1) is 6.61 Å². The SMILES string of the molecule is CCCCCCCOCc1cccc(Br)c1. The third-order valence-corrected chi connectivity index (χ3v) is 3.04. The maximum absolute atomic E-state index is 5.63. The molecule has 0 saturated carbocycles. The van der Waals surface area contributed by atoms with Crippen molar-refractivity contribution in [3.63, 3.8) is 0 Å². The van der Waals surface area contributed by atoms with Crippen LogP contribution in [0.3, 0.4) is 0 Å². The molecule has 1 aromatic carbocycles. The first-order valence-corrected chi connectivity index (χ1v) is 6.94. The molecule has 90 valence electrons. The number of halogens is 1. The van der Waals surface area contributed by atoms with Crippen LogP contribution in [0.4, 0.5) is 0 Å². The van der Waals surface area contributed by atoms with Crippen molar-refractivity contribution in [2.45, 2.75) is 45.6 Å². The van der Waals surface area contributed by atoms with Gasteiger partial charge in [0.2, 0.25) is 0 Å². The molecule has 0 fully saturated rings. The van der Waals surface area contributed by atoms with Gasteiger partial charge >= 0.3 is 0 Å². The van der Waals surface area contributed by atoms with Crippen molar-refractivity contribution in [3.05, 3.63) is 34.3 Å². The lowest BCUT2D eigenvalue weighted by Crippen LogP contribution is -1.95. The Morgan fingerprint density at radius 1 is 1.12 bits per heavy atom. The summed E-state index contributed by atoms with van der Waals surface area (Å²) in [7, 11) is 0. The number of hydrogen-bond donors (Lipinski definition) is 0. The molecular weight excluding hydrogens is 264 g/mol. The normalized spacial score (nSPS) is 10.6. The first-order chi connectivity index (χ1) is 7.83. The van der Waals surface area contributed by atoms with Gasteiger partial charge in [0, 0.05) is 11.1 Å². The lowest BCUT2D eigenvalue weighted by molar-refractivity contribution is 0.116. The first kappa shape index (κ1) is 13.7. The summed E-state index contributed by atoms with van der Waals surface area (Å²) in [6.07, 6.45) is 6.49. The summed E-state index contributed by atoms with van der Waals surface area (Å²) >= 11 is 3.46. The third-order valence-electron chi connectivity index (χ3n) is 2.55. The van der Waals surface area contributed by atoms with Crippen LogP contribution >= 0.6 is 15.9 Å². The Bertz CT molecular complexity index is 286. The Kier molecular flexibility index (Phi) is 7.52. The zero-order valence-corrected chi connectivity index (χ0v) is 11.6. The van der Waals surface area contributed by atoms with Crippen molar-refractivity contribution >= 4 is 15.9 Å². The number of unbranched alkanes of at least 4 members (excludes halogenated alkanes) is 4. The van der Waals surface area contributed by atoms with E-state index < -0.39 is 0 Å². The minimum atomic E-state index is 0.729. The van der Waals surface area contributed by atoms with Gasteiger partial charge in [-0.15, -0.1) is 0 Å². The van der Waals surface area contributed by atoms with Gasteiger partial charge in [-0.3, -0.25) is 0 Å². The molecule has 0 atom stereocenters. The molecule has 1 rings (SSSR count). The molecule has 0 unspecified atom stereocenters. The summed E-state index contributed by atoms with van der Waals surface area (Å²) in [6, 6.07) is 8.29. The summed E-state index contributed by atoms with van der Waals surface area (Å²) in [4.78, 5) is 0. The van der Waals surface area contributed by atoms with Crippen molar-refractivity contribution < 1.29 is 4.74 Å². The van der Waals surface area contributed by atoms with Gasteiger partial charge < -0.3 is 4.74 Å². The molecule has 1 aromatic rings. The van der Waals surface area contributed by atoms with Crippen LogP contribution in [0.15, 0.2) is 28.7 Å². The zero-order chi connectivity index (χ0) is 11.6. The van der Waals surface area contributed by atoms with E-state index in [1.54, 1.807) is 0 Å². The quantitative estimate of drug-likeness (QED) is 0.615. The highest BCUT2D eigenvalue weighted by Gasteiger charge is 1.94. The van der Waals surface area contributed by atoms with E-state index in [1.165, 1.54) is 37.7 Å². The molecule has 0 spiro atoms. The lowest BCUT2D eigenvalue weighted by Gasteiger charge is -2.04. The molecule has 0 aliphatic rings. The average Bonchev–Trinajstić information content (AvgIpc) is 2.28. The highest BCUT2D eigenvalue weighted by atomic mass is 79.9. The molecule has 16 heavy (non-hydrogen) atoms. The van der Waals surface area contributed by atoms with E-state index in [2.05, 4.69) is 35.0 Å². The zero-order valence-electron chi connectivity index (χ0n) is 10.0. The van der Waals surface area contributed by atoms with E-state index in [9.17, 15) is 0 Å². The second-order valence-electron chi connectivity index (χ2n) is 4.10. The molecule has 0 heterocycles. The fourth-order valence-corrected chi connectivity index (χ4v) is 2.07. The maximum Gasteiger partial charge on any atom is 0.0717 e. The monoisotopic (exact) mass is 284 g/mol.